The van der Waals surface area contributed by atoms with E-state index in [9.17, 15) is 5.11 Å². The highest BCUT2D eigenvalue weighted by atomic mass is 16.5. The fourth-order valence-electron chi connectivity index (χ4n) is 1.58. The SMILES string of the molecule is CC(O)COc1cccc2ncc(N)c(N)c12. The summed E-state index contributed by atoms with van der Waals surface area (Å²) in [6.45, 7) is 1.86. The van der Waals surface area contributed by atoms with E-state index in [1.165, 1.54) is 6.20 Å². The average molecular weight is 233 g/mol. The van der Waals surface area contributed by atoms with Crippen LogP contribution < -0.4 is 16.2 Å². The van der Waals surface area contributed by atoms with Crippen LogP contribution in [0.1, 0.15) is 6.92 Å². The molecule has 1 atom stereocenters. The Morgan fingerprint density at radius 3 is 2.88 bits per heavy atom. The molecule has 1 unspecified atom stereocenters. The number of aliphatic hydroxyl groups is 1. The van der Waals surface area contributed by atoms with Crippen LogP contribution in [0, 0.1) is 0 Å². The minimum atomic E-state index is -0.541. The van der Waals surface area contributed by atoms with Crippen molar-refractivity contribution in [2.75, 3.05) is 18.1 Å². The van der Waals surface area contributed by atoms with Crippen LogP contribution in [-0.4, -0.2) is 22.8 Å². The predicted octanol–water partition coefficient (Wildman–Crippen LogP) is 1.16. The number of aliphatic hydroxyl groups excluding tert-OH is 1. The zero-order valence-electron chi connectivity index (χ0n) is 9.55. The van der Waals surface area contributed by atoms with Crippen molar-refractivity contribution in [1.82, 2.24) is 4.98 Å². The predicted molar refractivity (Wildman–Crippen MR) is 67.7 cm³/mol. The van der Waals surface area contributed by atoms with Gasteiger partial charge in [0, 0.05) is 0 Å². The highest BCUT2D eigenvalue weighted by Gasteiger charge is 2.09. The number of pyridine rings is 1. The summed E-state index contributed by atoms with van der Waals surface area (Å²) in [6.07, 6.45) is 0.983. The zero-order valence-corrected chi connectivity index (χ0v) is 9.55. The van der Waals surface area contributed by atoms with Gasteiger partial charge >= 0.3 is 0 Å². The van der Waals surface area contributed by atoms with Gasteiger partial charge in [0.1, 0.15) is 12.4 Å². The maximum Gasteiger partial charge on any atom is 0.130 e. The molecule has 0 aliphatic rings. The molecule has 5 heteroatoms. The molecule has 0 saturated carbocycles. The summed E-state index contributed by atoms with van der Waals surface area (Å²) in [5.74, 6) is 0.584. The number of anilines is 2. The van der Waals surface area contributed by atoms with Gasteiger partial charge in [-0.15, -0.1) is 0 Å². The van der Waals surface area contributed by atoms with Crippen molar-refractivity contribution < 1.29 is 9.84 Å². The van der Waals surface area contributed by atoms with E-state index in [4.69, 9.17) is 16.2 Å². The molecule has 0 bridgehead atoms. The lowest BCUT2D eigenvalue weighted by atomic mass is 10.1. The van der Waals surface area contributed by atoms with Crippen LogP contribution in [0.2, 0.25) is 0 Å². The Morgan fingerprint density at radius 1 is 1.41 bits per heavy atom. The molecule has 0 radical (unpaired) electrons. The maximum absolute atomic E-state index is 9.21. The number of fused-ring (bicyclic) bond motifs is 1. The van der Waals surface area contributed by atoms with Crippen LogP contribution >= 0.6 is 0 Å². The third-order valence-corrected chi connectivity index (χ3v) is 2.41. The van der Waals surface area contributed by atoms with Gasteiger partial charge in [-0.2, -0.15) is 0 Å². The molecular weight excluding hydrogens is 218 g/mol. The first-order chi connectivity index (χ1) is 8.09. The Hall–Kier alpha value is -2.01. The van der Waals surface area contributed by atoms with Crippen LogP contribution in [0.15, 0.2) is 24.4 Å². The molecule has 1 aromatic carbocycles. The molecule has 2 aromatic rings. The average Bonchev–Trinajstić information content (AvgIpc) is 2.31. The minimum absolute atomic E-state index is 0.202. The van der Waals surface area contributed by atoms with Crippen LogP contribution in [0.4, 0.5) is 11.4 Å². The summed E-state index contributed by atoms with van der Waals surface area (Å²) < 4.78 is 5.49. The number of nitrogens with two attached hydrogens (primary N) is 2. The van der Waals surface area contributed by atoms with Gasteiger partial charge in [0.15, 0.2) is 0 Å². The van der Waals surface area contributed by atoms with Gasteiger partial charge in [-0.25, -0.2) is 0 Å². The molecule has 1 heterocycles. The van der Waals surface area contributed by atoms with Gasteiger partial charge in [-0.3, -0.25) is 4.98 Å². The summed E-state index contributed by atoms with van der Waals surface area (Å²) >= 11 is 0. The van der Waals surface area contributed by atoms with Crippen LogP contribution in [0.25, 0.3) is 10.9 Å². The molecule has 5 nitrogen and oxygen atoms in total. The topological polar surface area (TPSA) is 94.4 Å². The van der Waals surface area contributed by atoms with Crippen molar-refractivity contribution in [3.63, 3.8) is 0 Å². The monoisotopic (exact) mass is 233 g/mol. The summed E-state index contributed by atoms with van der Waals surface area (Å²) in [5, 5.41) is 9.90. The third-order valence-electron chi connectivity index (χ3n) is 2.41. The lowest BCUT2D eigenvalue weighted by Gasteiger charge is -2.12. The summed E-state index contributed by atoms with van der Waals surface area (Å²) in [5.41, 5.74) is 13.2. The summed E-state index contributed by atoms with van der Waals surface area (Å²) in [4.78, 5) is 4.18. The number of hydrogen-bond acceptors (Lipinski definition) is 5. The van der Waals surface area contributed by atoms with Crippen molar-refractivity contribution in [2.45, 2.75) is 13.0 Å². The van der Waals surface area contributed by atoms with E-state index in [0.717, 1.165) is 5.52 Å². The fraction of sp³-hybridized carbons (Fsp3) is 0.250. The number of ether oxygens (including phenoxy) is 1. The van der Waals surface area contributed by atoms with Gasteiger partial charge in [0.2, 0.25) is 0 Å². The molecule has 0 amide bonds. The Labute approximate surface area is 99.0 Å². The number of hydrogen-bond donors (Lipinski definition) is 3. The van der Waals surface area contributed by atoms with Crippen molar-refractivity contribution in [1.29, 1.82) is 0 Å². The van der Waals surface area contributed by atoms with Gasteiger partial charge in [-0.05, 0) is 19.1 Å². The molecule has 0 fully saturated rings. The van der Waals surface area contributed by atoms with Crippen LogP contribution in [-0.2, 0) is 0 Å². The number of nitrogens with zero attached hydrogens (tertiary/aromatic N) is 1. The maximum atomic E-state index is 9.21. The van der Waals surface area contributed by atoms with Crippen molar-refractivity contribution in [2.24, 2.45) is 0 Å². The Morgan fingerprint density at radius 2 is 2.18 bits per heavy atom. The Kier molecular flexibility index (Phi) is 3.01. The van der Waals surface area contributed by atoms with Crippen molar-refractivity contribution in [3.8, 4) is 5.75 Å². The summed E-state index contributed by atoms with van der Waals surface area (Å²) in [7, 11) is 0. The second kappa shape index (κ2) is 4.47. The lowest BCUT2D eigenvalue weighted by Crippen LogP contribution is -2.13. The van der Waals surface area contributed by atoms with Crippen molar-refractivity contribution in [3.05, 3.63) is 24.4 Å². The minimum Gasteiger partial charge on any atom is -0.490 e. The largest absolute Gasteiger partial charge is 0.490 e. The van der Waals surface area contributed by atoms with Crippen molar-refractivity contribution >= 4 is 22.3 Å². The Balaban J connectivity index is 2.51. The summed E-state index contributed by atoms with van der Waals surface area (Å²) in [6, 6.07) is 5.44. The lowest BCUT2D eigenvalue weighted by molar-refractivity contribution is 0.123. The zero-order chi connectivity index (χ0) is 12.4. The molecule has 5 N–H and O–H groups in total. The molecule has 0 spiro atoms. The normalized spacial score (nSPS) is 12.6. The highest BCUT2D eigenvalue weighted by molar-refractivity contribution is 5.99. The number of benzene rings is 1. The first-order valence-corrected chi connectivity index (χ1v) is 5.33. The molecule has 0 saturated heterocycles. The molecule has 90 valence electrons. The van der Waals surface area contributed by atoms with E-state index in [1.807, 2.05) is 12.1 Å². The van der Waals surface area contributed by atoms with Crippen LogP contribution in [0.3, 0.4) is 0 Å². The van der Waals surface area contributed by atoms with E-state index in [0.29, 0.717) is 22.5 Å². The van der Waals surface area contributed by atoms with Gasteiger partial charge in [-0.1, -0.05) is 6.07 Å². The van der Waals surface area contributed by atoms with Crippen LogP contribution in [0.5, 0.6) is 5.75 Å². The quantitative estimate of drug-likeness (QED) is 0.739. The molecule has 0 aliphatic heterocycles. The van der Waals surface area contributed by atoms with E-state index in [2.05, 4.69) is 4.98 Å². The van der Waals surface area contributed by atoms with Gasteiger partial charge < -0.3 is 21.3 Å². The smallest absolute Gasteiger partial charge is 0.130 e. The second-order valence-electron chi connectivity index (χ2n) is 3.94. The third kappa shape index (κ3) is 2.24. The van der Waals surface area contributed by atoms with E-state index in [-0.39, 0.29) is 6.61 Å². The number of rotatable bonds is 3. The van der Waals surface area contributed by atoms with Gasteiger partial charge in [0.05, 0.1) is 34.6 Å². The first kappa shape index (κ1) is 11.5. The fourth-order valence-corrected chi connectivity index (χ4v) is 1.58. The molecule has 17 heavy (non-hydrogen) atoms. The molecular formula is C12H15N3O2. The first-order valence-electron chi connectivity index (χ1n) is 5.33. The molecule has 2 rings (SSSR count). The number of nitrogen functional groups attached to an aromatic ring is 2. The van der Waals surface area contributed by atoms with Gasteiger partial charge in [0.25, 0.3) is 0 Å². The van der Waals surface area contributed by atoms with E-state index >= 15 is 0 Å². The van der Waals surface area contributed by atoms with E-state index < -0.39 is 6.10 Å². The second-order valence-corrected chi connectivity index (χ2v) is 3.94. The highest BCUT2D eigenvalue weighted by Crippen LogP contribution is 2.32. The molecule has 1 aromatic heterocycles. The standard InChI is InChI=1S/C12H15N3O2/c1-7(16)6-17-10-4-2-3-9-11(10)12(14)8(13)5-15-9/h2-5,7,16H,6,13H2,1H3,(H2,14,15). The van der Waals surface area contributed by atoms with E-state index in [1.54, 1.807) is 13.0 Å². The number of aromatic nitrogens is 1. The molecule has 0 aliphatic carbocycles. The Bertz CT molecular complexity index is 541.